The summed E-state index contributed by atoms with van der Waals surface area (Å²) in [5.74, 6) is 0.680. The second kappa shape index (κ2) is 9.64. The number of carbonyl (C=O) groups is 1. The van der Waals surface area contributed by atoms with Crippen molar-refractivity contribution < 1.29 is 17.7 Å². The zero-order chi connectivity index (χ0) is 21.6. The van der Waals surface area contributed by atoms with E-state index in [-0.39, 0.29) is 29.8 Å². The van der Waals surface area contributed by atoms with Crippen LogP contribution < -0.4 is 10.0 Å². The zero-order valence-electron chi connectivity index (χ0n) is 16.8. The Bertz CT molecular complexity index is 1090. The van der Waals surface area contributed by atoms with Crippen LogP contribution in [-0.4, -0.2) is 30.5 Å². The van der Waals surface area contributed by atoms with Crippen molar-refractivity contribution in [2.75, 3.05) is 0 Å². The lowest BCUT2D eigenvalue weighted by atomic mass is 10.2. The third-order valence-corrected chi connectivity index (χ3v) is 5.81. The summed E-state index contributed by atoms with van der Waals surface area (Å²) in [6.45, 7) is 3.74. The third kappa shape index (κ3) is 5.98. The second-order valence-corrected chi connectivity index (χ2v) is 8.79. The van der Waals surface area contributed by atoms with Gasteiger partial charge in [0.25, 0.3) is 0 Å². The summed E-state index contributed by atoms with van der Waals surface area (Å²) >= 11 is 0. The maximum atomic E-state index is 12.3. The maximum absolute atomic E-state index is 12.3. The van der Waals surface area contributed by atoms with E-state index in [2.05, 4.69) is 20.2 Å². The van der Waals surface area contributed by atoms with Gasteiger partial charge in [0.15, 0.2) is 0 Å². The van der Waals surface area contributed by atoms with Crippen molar-refractivity contribution >= 4 is 15.9 Å². The van der Waals surface area contributed by atoms with Crippen LogP contribution in [0.15, 0.2) is 64.0 Å². The highest BCUT2D eigenvalue weighted by Gasteiger charge is 2.16. The monoisotopic (exact) mass is 428 g/mol. The van der Waals surface area contributed by atoms with E-state index in [9.17, 15) is 13.2 Å². The van der Waals surface area contributed by atoms with Gasteiger partial charge < -0.3 is 9.84 Å². The van der Waals surface area contributed by atoms with Crippen molar-refractivity contribution in [1.82, 2.24) is 20.2 Å². The number of aromatic nitrogens is 2. The molecule has 0 aliphatic heterocycles. The van der Waals surface area contributed by atoms with Crippen molar-refractivity contribution in [2.45, 2.75) is 44.2 Å². The van der Waals surface area contributed by atoms with E-state index >= 15 is 0 Å². The quantitative estimate of drug-likeness (QED) is 0.542. The second-order valence-electron chi connectivity index (χ2n) is 7.08. The van der Waals surface area contributed by atoms with Gasteiger partial charge in [-0.05, 0) is 31.5 Å². The number of nitrogens with one attached hydrogen (secondary N) is 2. The lowest BCUT2D eigenvalue weighted by Gasteiger charge is -2.11. The molecule has 0 fully saturated rings. The minimum absolute atomic E-state index is 0.169. The van der Waals surface area contributed by atoms with Crippen molar-refractivity contribution in [1.29, 1.82) is 0 Å². The normalized spacial score (nSPS) is 11.6. The van der Waals surface area contributed by atoms with Gasteiger partial charge in [-0.1, -0.05) is 47.6 Å². The van der Waals surface area contributed by atoms with Crippen LogP contribution in [0.2, 0.25) is 0 Å². The molecule has 30 heavy (non-hydrogen) atoms. The summed E-state index contributed by atoms with van der Waals surface area (Å²) in [7, 11) is -3.58. The van der Waals surface area contributed by atoms with Crippen LogP contribution in [0.5, 0.6) is 0 Å². The molecule has 0 aliphatic rings. The van der Waals surface area contributed by atoms with Gasteiger partial charge in [0, 0.05) is 31.0 Å². The van der Waals surface area contributed by atoms with Crippen molar-refractivity contribution in [3.63, 3.8) is 0 Å². The Balaban J connectivity index is 1.52. The Morgan fingerprint density at radius 1 is 1.10 bits per heavy atom. The molecule has 8 nitrogen and oxygen atoms in total. The summed E-state index contributed by atoms with van der Waals surface area (Å²) in [4.78, 5) is 16.6. The van der Waals surface area contributed by atoms with Crippen LogP contribution in [0.25, 0.3) is 11.4 Å². The molecule has 2 aromatic carbocycles. The summed E-state index contributed by atoms with van der Waals surface area (Å²) in [6, 6.07) is 15.7. The van der Waals surface area contributed by atoms with Gasteiger partial charge >= 0.3 is 0 Å². The van der Waals surface area contributed by atoms with E-state index in [4.69, 9.17) is 4.52 Å². The fourth-order valence-electron chi connectivity index (χ4n) is 2.77. The first kappa shape index (κ1) is 21.7. The number of amides is 1. The number of carbonyl (C=O) groups excluding carboxylic acids is 1. The van der Waals surface area contributed by atoms with E-state index in [1.165, 1.54) is 6.07 Å². The van der Waals surface area contributed by atoms with Crippen LogP contribution >= 0.6 is 0 Å². The molecule has 1 amide bonds. The molecule has 0 saturated carbocycles. The van der Waals surface area contributed by atoms with Crippen LogP contribution in [0.1, 0.15) is 31.7 Å². The van der Waals surface area contributed by atoms with Gasteiger partial charge in [-0.15, -0.1) is 0 Å². The first-order chi connectivity index (χ1) is 14.3. The van der Waals surface area contributed by atoms with Gasteiger partial charge in [0.2, 0.25) is 27.6 Å². The van der Waals surface area contributed by atoms with Gasteiger partial charge in [0.05, 0.1) is 4.90 Å². The molecule has 3 rings (SSSR count). The number of hydrogen-bond donors (Lipinski definition) is 2. The molecule has 1 aromatic heterocycles. The molecule has 3 aromatic rings. The minimum Gasteiger partial charge on any atom is -0.352 e. The number of benzene rings is 2. The first-order valence-corrected chi connectivity index (χ1v) is 11.1. The molecule has 0 saturated heterocycles. The predicted octanol–water partition coefficient (Wildman–Crippen LogP) is 2.67. The summed E-state index contributed by atoms with van der Waals surface area (Å²) in [6.07, 6.45) is 0.502. The number of nitrogens with zero attached hydrogens (tertiary/aromatic N) is 2. The first-order valence-electron chi connectivity index (χ1n) is 9.59. The Hall–Kier alpha value is -3.04. The predicted molar refractivity (Wildman–Crippen MR) is 112 cm³/mol. The number of hydrogen-bond acceptors (Lipinski definition) is 6. The lowest BCUT2D eigenvalue weighted by molar-refractivity contribution is -0.121. The molecule has 0 bridgehead atoms. The highest BCUT2D eigenvalue weighted by molar-refractivity contribution is 7.89. The van der Waals surface area contributed by atoms with Crippen LogP contribution in [0.3, 0.4) is 0 Å². The van der Waals surface area contributed by atoms with Crippen molar-refractivity contribution in [3.05, 3.63) is 66.1 Å². The molecule has 1 heterocycles. The lowest BCUT2D eigenvalue weighted by Crippen LogP contribution is -2.30. The van der Waals surface area contributed by atoms with Crippen molar-refractivity contribution in [2.24, 2.45) is 0 Å². The highest BCUT2D eigenvalue weighted by atomic mass is 32.2. The van der Waals surface area contributed by atoms with Crippen LogP contribution in [-0.2, 0) is 27.8 Å². The molecule has 2 N–H and O–H groups in total. The molecular weight excluding hydrogens is 404 g/mol. The molecule has 9 heteroatoms. The van der Waals surface area contributed by atoms with Crippen LogP contribution in [0, 0.1) is 0 Å². The Kier molecular flexibility index (Phi) is 6.96. The zero-order valence-corrected chi connectivity index (χ0v) is 17.6. The van der Waals surface area contributed by atoms with Gasteiger partial charge in [0.1, 0.15) is 0 Å². The Morgan fingerprint density at radius 2 is 1.87 bits per heavy atom. The largest absolute Gasteiger partial charge is 0.352 e. The molecule has 0 unspecified atom stereocenters. The Morgan fingerprint density at radius 3 is 2.60 bits per heavy atom. The summed E-state index contributed by atoms with van der Waals surface area (Å²) in [5.41, 5.74) is 1.54. The molecule has 0 aliphatic carbocycles. The minimum atomic E-state index is -3.58. The molecule has 158 valence electrons. The standard InChI is InChI=1S/C21H24N4O4S/c1-15(2)25-30(27,28)18-10-6-7-16(13-18)14-22-19(26)11-12-20-23-21(24-29-20)17-8-4-3-5-9-17/h3-10,13,15,25H,11-12,14H2,1-2H3,(H,22,26). The average Bonchev–Trinajstić information content (AvgIpc) is 3.20. The Labute approximate surface area is 175 Å². The molecule has 0 atom stereocenters. The fraction of sp³-hybridized carbons (Fsp3) is 0.286. The van der Waals surface area contributed by atoms with E-state index < -0.39 is 10.0 Å². The third-order valence-electron chi connectivity index (χ3n) is 4.16. The number of aryl methyl sites for hydroxylation is 1. The van der Waals surface area contributed by atoms with Crippen LogP contribution in [0.4, 0.5) is 0 Å². The van der Waals surface area contributed by atoms with Gasteiger partial charge in [-0.25, -0.2) is 13.1 Å². The highest BCUT2D eigenvalue weighted by Crippen LogP contribution is 2.15. The van der Waals surface area contributed by atoms with E-state index in [0.29, 0.717) is 23.7 Å². The maximum Gasteiger partial charge on any atom is 0.240 e. The number of sulfonamides is 1. The van der Waals surface area contributed by atoms with E-state index in [1.807, 2.05) is 30.3 Å². The smallest absolute Gasteiger partial charge is 0.240 e. The molecule has 0 spiro atoms. The SMILES string of the molecule is CC(C)NS(=O)(=O)c1cccc(CNC(=O)CCc2nc(-c3ccccc3)no2)c1. The van der Waals surface area contributed by atoms with E-state index in [0.717, 1.165) is 5.56 Å². The summed E-state index contributed by atoms with van der Waals surface area (Å²) in [5, 5.41) is 6.71. The fourth-order valence-corrected chi connectivity index (χ4v) is 4.09. The van der Waals surface area contributed by atoms with Crippen molar-refractivity contribution in [3.8, 4) is 11.4 Å². The van der Waals surface area contributed by atoms with Gasteiger partial charge in [-0.3, -0.25) is 4.79 Å². The van der Waals surface area contributed by atoms with Gasteiger partial charge in [-0.2, -0.15) is 4.98 Å². The average molecular weight is 429 g/mol. The summed E-state index contributed by atoms with van der Waals surface area (Å²) < 4.78 is 32.3. The topological polar surface area (TPSA) is 114 Å². The molecular formula is C21H24N4O4S. The van der Waals surface area contributed by atoms with E-state index in [1.54, 1.807) is 32.0 Å². The molecule has 0 radical (unpaired) electrons. The number of rotatable bonds is 9.